The number of aromatic nitrogens is 1. The van der Waals surface area contributed by atoms with Crippen LogP contribution in [0, 0.1) is 11.3 Å². The highest BCUT2D eigenvalue weighted by atomic mass is 16.2. The van der Waals surface area contributed by atoms with Gasteiger partial charge in [-0.2, -0.15) is 5.26 Å². The van der Waals surface area contributed by atoms with Gasteiger partial charge in [0.2, 0.25) is 0 Å². The fraction of sp³-hybridized carbons (Fsp3) is 0.381. The van der Waals surface area contributed by atoms with E-state index in [1.165, 1.54) is 17.5 Å². The molecule has 6 nitrogen and oxygen atoms in total. The largest absolute Gasteiger partial charge is 0.355 e. The Balaban J connectivity index is 1.30. The molecule has 6 heteroatoms. The molecule has 27 heavy (non-hydrogen) atoms. The molecule has 0 radical (unpaired) electrons. The molecule has 138 valence electrons. The first-order valence-corrected chi connectivity index (χ1v) is 9.52. The van der Waals surface area contributed by atoms with Crippen LogP contribution < -0.4 is 15.5 Å². The van der Waals surface area contributed by atoms with E-state index in [1.54, 1.807) is 18.3 Å². The Bertz CT molecular complexity index is 880. The highest BCUT2D eigenvalue weighted by molar-refractivity contribution is 5.89. The van der Waals surface area contributed by atoms with Gasteiger partial charge in [-0.05, 0) is 67.5 Å². The minimum atomic E-state index is -0.151. The van der Waals surface area contributed by atoms with Crippen molar-refractivity contribution >= 4 is 17.5 Å². The van der Waals surface area contributed by atoms with Crippen molar-refractivity contribution in [2.45, 2.75) is 38.1 Å². The van der Waals surface area contributed by atoms with Gasteiger partial charge in [0, 0.05) is 31.0 Å². The van der Waals surface area contributed by atoms with Gasteiger partial charge >= 0.3 is 6.03 Å². The number of rotatable bonds is 3. The van der Waals surface area contributed by atoms with Crippen LogP contribution in [0.5, 0.6) is 0 Å². The minimum Gasteiger partial charge on any atom is -0.355 e. The summed E-state index contributed by atoms with van der Waals surface area (Å²) in [6, 6.07) is 11.9. The summed E-state index contributed by atoms with van der Waals surface area (Å²) in [5.74, 6) is 0.737. The molecule has 0 bridgehead atoms. The summed E-state index contributed by atoms with van der Waals surface area (Å²) >= 11 is 0. The van der Waals surface area contributed by atoms with Gasteiger partial charge in [-0.3, -0.25) is 0 Å². The van der Waals surface area contributed by atoms with E-state index in [0.717, 1.165) is 50.3 Å². The first-order chi connectivity index (χ1) is 13.2. The Labute approximate surface area is 159 Å². The number of nitriles is 1. The van der Waals surface area contributed by atoms with E-state index in [4.69, 9.17) is 0 Å². The van der Waals surface area contributed by atoms with E-state index >= 15 is 0 Å². The number of carbonyl (C=O) groups excluding carboxylic acids is 1. The van der Waals surface area contributed by atoms with Crippen LogP contribution in [0.4, 0.5) is 16.3 Å². The summed E-state index contributed by atoms with van der Waals surface area (Å²) in [4.78, 5) is 18.8. The number of benzene rings is 1. The van der Waals surface area contributed by atoms with Gasteiger partial charge in [0.15, 0.2) is 0 Å². The molecule has 2 aromatic rings. The maximum atomic E-state index is 12.3. The Kier molecular flexibility index (Phi) is 4.93. The fourth-order valence-electron chi connectivity index (χ4n) is 3.97. The average Bonchev–Trinajstić information content (AvgIpc) is 3.16. The quantitative estimate of drug-likeness (QED) is 0.879. The van der Waals surface area contributed by atoms with E-state index in [0.29, 0.717) is 5.56 Å². The Hall–Kier alpha value is -3.07. The van der Waals surface area contributed by atoms with Gasteiger partial charge in [-0.25, -0.2) is 9.78 Å². The molecule has 2 heterocycles. The van der Waals surface area contributed by atoms with Crippen molar-refractivity contribution in [3.05, 3.63) is 53.2 Å². The van der Waals surface area contributed by atoms with E-state index in [2.05, 4.69) is 38.7 Å². The highest BCUT2D eigenvalue weighted by Crippen LogP contribution is 2.25. The van der Waals surface area contributed by atoms with Crippen LogP contribution in [-0.4, -0.2) is 30.1 Å². The van der Waals surface area contributed by atoms with Crippen LogP contribution in [0.15, 0.2) is 36.5 Å². The second-order valence-corrected chi connectivity index (χ2v) is 7.18. The number of nitrogens with zero attached hydrogens (tertiary/aromatic N) is 3. The van der Waals surface area contributed by atoms with Gasteiger partial charge in [-0.15, -0.1) is 0 Å². The number of hydrogen-bond acceptors (Lipinski definition) is 4. The first kappa shape index (κ1) is 17.3. The van der Waals surface area contributed by atoms with Gasteiger partial charge in [0.1, 0.15) is 11.9 Å². The highest BCUT2D eigenvalue weighted by Gasteiger charge is 2.23. The van der Waals surface area contributed by atoms with Crippen molar-refractivity contribution in [3.63, 3.8) is 0 Å². The van der Waals surface area contributed by atoms with E-state index < -0.39 is 0 Å². The summed E-state index contributed by atoms with van der Waals surface area (Å²) in [5, 5.41) is 15.3. The number of aryl methyl sites for hydroxylation is 2. The van der Waals surface area contributed by atoms with Crippen molar-refractivity contribution in [1.29, 1.82) is 5.26 Å². The number of piperidine rings is 1. The van der Waals surface area contributed by atoms with Crippen molar-refractivity contribution in [1.82, 2.24) is 10.3 Å². The van der Waals surface area contributed by atoms with Gasteiger partial charge < -0.3 is 15.5 Å². The number of nitrogens with one attached hydrogen (secondary N) is 2. The van der Waals surface area contributed by atoms with Crippen molar-refractivity contribution < 1.29 is 4.79 Å². The molecule has 1 fully saturated rings. The second kappa shape index (κ2) is 7.67. The number of pyridine rings is 1. The molecule has 1 aliphatic carbocycles. The molecular formula is C21H23N5O. The zero-order chi connectivity index (χ0) is 18.6. The summed E-state index contributed by atoms with van der Waals surface area (Å²) < 4.78 is 0. The van der Waals surface area contributed by atoms with Gasteiger partial charge in [-0.1, -0.05) is 6.07 Å². The van der Waals surface area contributed by atoms with Crippen molar-refractivity contribution in [2.24, 2.45) is 0 Å². The number of anilines is 2. The molecule has 1 aliphatic heterocycles. The standard InChI is InChI=1S/C21H23N5O/c22-14-17-5-2-10-23-20(17)26-11-8-18(9-12-26)24-21(27)25-19-7-6-15-3-1-4-16(15)13-19/h2,5-7,10,13,18H,1,3-4,8-9,11-12H2,(H2,24,25,27). The molecule has 0 unspecified atom stereocenters. The molecule has 1 aromatic carbocycles. The molecule has 1 saturated heterocycles. The lowest BCUT2D eigenvalue weighted by Gasteiger charge is -2.33. The van der Waals surface area contributed by atoms with Crippen LogP contribution in [0.3, 0.4) is 0 Å². The second-order valence-electron chi connectivity index (χ2n) is 7.18. The normalized spacial score (nSPS) is 16.5. The monoisotopic (exact) mass is 361 g/mol. The average molecular weight is 361 g/mol. The Morgan fingerprint density at radius 1 is 1.19 bits per heavy atom. The van der Waals surface area contributed by atoms with Gasteiger partial charge in [0.05, 0.1) is 5.56 Å². The van der Waals surface area contributed by atoms with E-state index in [1.807, 2.05) is 6.07 Å². The number of amides is 2. The minimum absolute atomic E-state index is 0.130. The maximum Gasteiger partial charge on any atom is 0.319 e. The zero-order valence-corrected chi connectivity index (χ0v) is 15.2. The summed E-state index contributed by atoms with van der Waals surface area (Å²) in [6.07, 6.45) is 6.82. The summed E-state index contributed by atoms with van der Waals surface area (Å²) in [5.41, 5.74) is 4.21. The van der Waals surface area contributed by atoms with Crippen molar-refractivity contribution in [2.75, 3.05) is 23.3 Å². The Morgan fingerprint density at radius 2 is 2.00 bits per heavy atom. The topological polar surface area (TPSA) is 81.1 Å². The van der Waals surface area contributed by atoms with Crippen LogP contribution >= 0.6 is 0 Å². The SMILES string of the molecule is N#Cc1cccnc1N1CCC(NC(=O)Nc2ccc3c(c2)CCC3)CC1. The summed E-state index contributed by atoms with van der Waals surface area (Å²) in [7, 11) is 0. The lowest BCUT2D eigenvalue weighted by Crippen LogP contribution is -2.46. The smallest absolute Gasteiger partial charge is 0.319 e. The maximum absolute atomic E-state index is 12.3. The molecule has 0 atom stereocenters. The third kappa shape index (κ3) is 3.87. The van der Waals surface area contributed by atoms with Crippen LogP contribution in [0.1, 0.15) is 36.0 Å². The Morgan fingerprint density at radius 3 is 2.81 bits per heavy atom. The molecular weight excluding hydrogens is 338 g/mol. The molecule has 2 N–H and O–H groups in total. The first-order valence-electron chi connectivity index (χ1n) is 9.52. The lowest BCUT2D eigenvalue weighted by molar-refractivity contribution is 0.246. The van der Waals surface area contributed by atoms with Gasteiger partial charge in [0.25, 0.3) is 0 Å². The molecule has 2 aliphatic rings. The van der Waals surface area contributed by atoms with E-state index in [-0.39, 0.29) is 12.1 Å². The molecule has 2 amide bonds. The molecule has 0 saturated carbocycles. The zero-order valence-electron chi connectivity index (χ0n) is 15.2. The molecule has 0 spiro atoms. The summed E-state index contributed by atoms with van der Waals surface area (Å²) in [6.45, 7) is 1.55. The third-order valence-corrected chi connectivity index (χ3v) is 5.39. The number of fused-ring (bicyclic) bond motifs is 1. The predicted octanol–water partition coefficient (Wildman–Crippen LogP) is 3.23. The van der Waals surface area contributed by atoms with Crippen molar-refractivity contribution in [3.8, 4) is 6.07 Å². The number of hydrogen-bond donors (Lipinski definition) is 2. The van der Waals surface area contributed by atoms with E-state index in [9.17, 15) is 10.1 Å². The fourth-order valence-corrected chi connectivity index (χ4v) is 3.97. The van der Waals surface area contributed by atoms with Crippen LogP contribution in [-0.2, 0) is 12.8 Å². The number of carbonyl (C=O) groups is 1. The van der Waals surface area contributed by atoms with Crippen LogP contribution in [0.2, 0.25) is 0 Å². The molecule has 1 aromatic heterocycles. The predicted molar refractivity (Wildman–Crippen MR) is 105 cm³/mol. The third-order valence-electron chi connectivity index (χ3n) is 5.39. The van der Waals surface area contributed by atoms with Crippen LogP contribution in [0.25, 0.3) is 0 Å². The number of urea groups is 1. The molecule has 4 rings (SSSR count). The lowest BCUT2D eigenvalue weighted by atomic mass is 10.0.